The Balaban J connectivity index is 1.58. The minimum Gasteiger partial charge on any atom is -0.416 e. The maximum Gasteiger partial charge on any atom is 0.261 e. The van der Waals surface area contributed by atoms with Crippen molar-refractivity contribution in [2.45, 2.75) is 97.8 Å². The van der Waals surface area contributed by atoms with Crippen LogP contribution in [0.15, 0.2) is 72.3 Å². The van der Waals surface area contributed by atoms with E-state index in [2.05, 4.69) is 141 Å². The fraction of sp³-hybridized carbons (Fsp3) is 0.553. The predicted molar refractivity (Wildman–Crippen MR) is 190 cm³/mol. The van der Waals surface area contributed by atoms with E-state index in [0.717, 1.165) is 18.4 Å². The molecule has 0 amide bonds. The second kappa shape index (κ2) is 14.9. The summed E-state index contributed by atoms with van der Waals surface area (Å²) < 4.78 is 19.6. The van der Waals surface area contributed by atoms with Crippen molar-refractivity contribution >= 4 is 32.8 Å². The van der Waals surface area contributed by atoms with Crippen molar-refractivity contribution in [3.8, 4) is 11.8 Å². The normalized spacial score (nSPS) is 19.7. The summed E-state index contributed by atoms with van der Waals surface area (Å²) in [5.74, 6) is 6.84. The third kappa shape index (κ3) is 8.50. The first-order valence-corrected chi connectivity index (χ1v) is 21.0. The van der Waals surface area contributed by atoms with Gasteiger partial charge in [-0.25, -0.2) is 0 Å². The topological polar surface area (TPSA) is 44.8 Å². The van der Waals surface area contributed by atoms with Crippen molar-refractivity contribution in [2.75, 3.05) is 26.4 Å². The van der Waals surface area contributed by atoms with E-state index in [9.17, 15) is 4.79 Å². The number of hydrogen-bond acceptors (Lipinski definition) is 4. The zero-order chi connectivity index (χ0) is 32.7. The van der Waals surface area contributed by atoms with Gasteiger partial charge in [-0.05, 0) is 57.5 Å². The molecule has 6 heteroatoms. The first-order chi connectivity index (χ1) is 20.5. The minimum atomic E-state index is -2.52. The molecular weight excluding hydrogens is 577 g/mol. The Kier molecular flexibility index (Phi) is 12.2. The molecule has 3 rings (SSSR count). The number of allylic oxidation sites excluding steroid dienone is 1. The van der Waals surface area contributed by atoms with Crippen LogP contribution in [0.5, 0.6) is 0 Å². The molecule has 2 aromatic carbocycles. The molecule has 0 saturated carbocycles. The van der Waals surface area contributed by atoms with Crippen LogP contribution in [0.25, 0.3) is 0 Å². The second-order valence-electron chi connectivity index (χ2n) is 15.2. The number of carbonyl (C=O) groups is 1. The molecule has 2 atom stereocenters. The summed E-state index contributed by atoms with van der Waals surface area (Å²) in [6.45, 7) is 24.7. The molecule has 2 aromatic rings. The lowest BCUT2D eigenvalue weighted by Crippen LogP contribution is -2.66. The molecule has 0 fully saturated rings. The van der Waals surface area contributed by atoms with E-state index >= 15 is 0 Å². The van der Waals surface area contributed by atoms with Crippen LogP contribution in [0.2, 0.25) is 23.2 Å². The first kappa shape index (κ1) is 36.2. The molecule has 0 saturated heterocycles. The average Bonchev–Trinajstić information content (AvgIpc) is 2.95. The Bertz CT molecular complexity index is 1270. The van der Waals surface area contributed by atoms with Gasteiger partial charge in [0.1, 0.15) is 6.61 Å². The van der Waals surface area contributed by atoms with Gasteiger partial charge in [0.2, 0.25) is 0 Å². The highest BCUT2D eigenvalue weighted by atomic mass is 28.4. The van der Waals surface area contributed by atoms with Crippen molar-refractivity contribution in [2.24, 2.45) is 11.3 Å². The van der Waals surface area contributed by atoms with Gasteiger partial charge in [0, 0.05) is 31.5 Å². The number of benzene rings is 2. The zero-order valence-corrected chi connectivity index (χ0v) is 31.0. The van der Waals surface area contributed by atoms with Crippen LogP contribution < -0.4 is 10.4 Å². The number of carbonyl (C=O) groups excluding carboxylic acids is 1. The number of unbranched alkanes of at least 4 members (excludes halogenated alkanes) is 1. The van der Waals surface area contributed by atoms with E-state index in [1.807, 2.05) is 0 Å². The molecule has 0 aromatic heterocycles. The molecule has 0 spiro atoms. The molecule has 0 bridgehead atoms. The van der Waals surface area contributed by atoms with Gasteiger partial charge in [0.15, 0.2) is 14.1 Å². The zero-order valence-electron chi connectivity index (χ0n) is 29.0. The smallest absolute Gasteiger partial charge is 0.261 e. The third-order valence-corrected chi connectivity index (χ3v) is 19.5. The van der Waals surface area contributed by atoms with Crippen molar-refractivity contribution in [1.82, 2.24) is 0 Å². The van der Waals surface area contributed by atoms with E-state index in [4.69, 9.17) is 13.6 Å². The molecular formula is C38H56O4Si2. The van der Waals surface area contributed by atoms with E-state index in [1.165, 1.54) is 10.4 Å². The van der Waals surface area contributed by atoms with Gasteiger partial charge < -0.3 is 13.6 Å². The van der Waals surface area contributed by atoms with Crippen molar-refractivity contribution in [1.29, 1.82) is 0 Å². The monoisotopic (exact) mass is 632 g/mol. The lowest BCUT2D eigenvalue weighted by Gasteiger charge is -2.44. The predicted octanol–water partition coefficient (Wildman–Crippen LogP) is 7.93. The summed E-state index contributed by atoms with van der Waals surface area (Å²) in [4.78, 5) is 12.5. The molecule has 0 radical (unpaired) electrons. The second-order valence-corrected chi connectivity index (χ2v) is 24.3. The molecule has 240 valence electrons. The fourth-order valence-electron chi connectivity index (χ4n) is 5.75. The first-order valence-electron chi connectivity index (χ1n) is 16.2. The fourth-order valence-corrected chi connectivity index (χ4v) is 11.4. The highest BCUT2D eigenvalue weighted by molar-refractivity contribution is 6.99. The highest BCUT2D eigenvalue weighted by Gasteiger charge is 2.50. The van der Waals surface area contributed by atoms with Gasteiger partial charge in [-0.1, -0.05) is 122 Å². The number of ether oxygens (including phenoxy) is 1. The molecule has 1 aliphatic carbocycles. The summed E-state index contributed by atoms with van der Waals surface area (Å²) in [6.07, 6.45) is 3.95. The van der Waals surface area contributed by atoms with Gasteiger partial charge in [-0.2, -0.15) is 0 Å². The third-order valence-electron chi connectivity index (χ3n) is 9.94. The van der Waals surface area contributed by atoms with E-state index in [-0.39, 0.29) is 27.2 Å². The Morgan fingerprint density at radius 3 is 1.95 bits per heavy atom. The minimum absolute atomic E-state index is 0.0356. The summed E-state index contributed by atoms with van der Waals surface area (Å²) in [6, 6.07) is 21.5. The van der Waals surface area contributed by atoms with Gasteiger partial charge in [-0.15, -0.1) is 5.92 Å². The highest BCUT2D eigenvalue weighted by Crippen LogP contribution is 2.44. The standard InChI is InChI=1S/C38H56O4Si2/c1-31-27-33(39)28-32(38(31,8)30-42-43(9,10)36(2,3)4)29-40-25-19-11-12-20-26-41-44(37(5,6)7,34-21-15-13-16-22-34)35-23-17-14-18-24-35/h13-18,21-24,28,31H,12,20,25-27,29-30H2,1-10H3/t31-,38+/m0/s1. The molecule has 0 unspecified atom stereocenters. The lowest BCUT2D eigenvalue weighted by atomic mass is 9.67. The molecule has 1 aliphatic rings. The summed E-state index contributed by atoms with van der Waals surface area (Å²) in [5.41, 5.74) is 0.801. The van der Waals surface area contributed by atoms with Gasteiger partial charge in [0.05, 0.1) is 6.61 Å². The molecule has 0 N–H and O–H groups in total. The van der Waals surface area contributed by atoms with Crippen LogP contribution in [0, 0.1) is 23.2 Å². The summed E-state index contributed by atoms with van der Waals surface area (Å²) in [7, 11) is -4.44. The van der Waals surface area contributed by atoms with Crippen LogP contribution >= 0.6 is 0 Å². The van der Waals surface area contributed by atoms with E-state index < -0.39 is 16.6 Å². The van der Waals surface area contributed by atoms with Crippen molar-refractivity contribution < 1.29 is 18.4 Å². The van der Waals surface area contributed by atoms with E-state index in [1.54, 1.807) is 6.08 Å². The van der Waals surface area contributed by atoms with E-state index in [0.29, 0.717) is 32.8 Å². The maximum atomic E-state index is 12.5. The van der Waals surface area contributed by atoms with Crippen LogP contribution in [-0.2, 0) is 18.4 Å². The largest absolute Gasteiger partial charge is 0.416 e. The Morgan fingerprint density at radius 2 is 1.43 bits per heavy atom. The van der Waals surface area contributed by atoms with Crippen molar-refractivity contribution in [3.05, 3.63) is 72.3 Å². The number of ketones is 1. The molecule has 44 heavy (non-hydrogen) atoms. The lowest BCUT2D eigenvalue weighted by molar-refractivity contribution is -0.117. The Morgan fingerprint density at radius 1 is 0.864 bits per heavy atom. The van der Waals surface area contributed by atoms with Gasteiger partial charge >= 0.3 is 0 Å². The Hall–Kier alpha value is -2.28. The SMILES string of the molecule is C[C@H]1CC(=O)C=C(COCC#CCCCO[Si](c2ccccc2)(c2ccccc2)C(C)(C)C)[C@]1(C)CO[Si](C)(C)C(C)(C)C. The Labute approximate surface area is 270 Å². The van der Waals surface area contributed by atoms with Gasteiger partial charge in [-0.3, -0.25) is 4.79 Å². The van der Waals surface area contributed by atoms with Gasteiger partial charge in [0.25, 0.3) is 8.32 Å². The molecule has 0 aliphatic heterocycles. The van der Waals surface area contributed by atoms with Crippen LogP contribution in [0.1, 0.15) is 74.7 Å². The summed E-state index contributed by atoms with van der Waals surface area (Å²) >= 11 is 0. The molecule has 0 heterocycles. The van der Waals surface area contributed by atoms with Crippen LogP contribution in [0.3, 0.4) is 0 Å². The molecule has 4 nitrogen and oxygen atoms in total. The number of rotatable bonds is 12. The average molecular weight is 633 g/mol. The van der Waals surface area contributed by atoms with Crippen molar-refractivity contribution in [3.63, 3.8) is 0 Å². The van der Waals surface area contributed by atoms with Crippen LogP contribution in [0.4, 0.5) is 0 Å². The maximum absolute atomic E-state index is 12.5. The number of hydrogen-bond donors (Lipinski definition) is 0. The van der Waals surface area contributed by atoms with Crippen LogP contribution in [-0.4, -0.2) is 48.8 Å². The quantitative estimate of drug-likeness (QED) is 0.135. The summed E-state index contributed by atoms with van der Waals surface area (Å²) in [5, 5.41) is 2.69.